The molecule has 0 aliphatic rings. The van der Waals surface area contributed by atoms with E-state index >= 15 is 0 Å². The van der Waals surface area contributed by atoms with Crippen LogP contribution in [0.25, 0.3) is 11.1 Å². The van der Waals surface area contributed by atoms with Gasteiger partial charge in [0.2, 0.25) is 0 Å². The number of rotatable bonds is 3. The van der Waals surface area contributed by atoms with Crippen molar-refractivity contribution in [1.29, 1.82) is 0 Å². The van der Waals surface area contributed by atoms with Crippen molar-refractivity contribution in [3.05, 3.63) is 41.6 Å². The molecular weight excluding hydrogens is 301 g/mol. The lowest BCUT2D eigenvalue weighted by Gasteiger charge is -2.14. The van der Waals surface area contributed by atoms with Crippen LogP contribution in [-0.2, 0) is 6.18 Å². The van der Waals surface area contributed by atoms with Gasteiger partial charge < -0.3 is 15.6 Å². The Balaban J connectivity index is 2.59. The fourth-order valence-electron chi connectivity index (χ4n) is 1.91. The Morgan fingerprint density at radius 3 is 2.50 bits per heavy atom. The quantitative estimate of drug-likeness (QED) is 0.910. The van der Waals surface area contributed by atoms with Crippen molar-refractivity contribution in [1.82, 2.24) is 4.98 Å². The Labute approximate surface area is 123 Å². The molecule has 0 aliphatic carbocycles. The van der Waals surface area contributed by atoms with Crippen molar-refractivity contribution in [2.45, 2.75) is 6.18 Å². The third-order valence-electron chi connectivity index (χ3n) is 2.99. The molecule has 0 aliphatic heterocycles. The zero-order valence-electron chi connectivity index (χ0n) is 11.3. The van der Waals surface area contributed by atoms with Crippen LogP contribution in [0.15, 0.2) is 30.5 Å². The molecule has 0 saturated carbocycles. The van der Waals surface area contributed by atoms with E-state index in [0.717, 1.165) is 19.2 Å². The van der Waals surface area contributed by atoms with Gasteiger partial charge in [0.1, 0.15) is 17.1 Å². The first-order valence-electron chi connectivity index (χ1n) is 5.98. The first-order valence-corrected chi connectivity index (χ1v) is 5.98. The summed E-state index contributed by atoms with van der Waals surface area (Å²) in [6.45, 7) is 0. The molecule has 116 valence electrons. The summed E-state index contributed by atoms with van der Waals surface area (Å²) in [6, 6.07) is 4.59. The van der Waals surface area contributed by atoms with E-state index in [0.29, 0.717) is 0 Å². The summed E-state index contributed by atoms with van der Waals surface area (Å²) in [5.41, 5.74) is 4.55. The lowest BCUT2D eigenvalue weighted by Crippen LogP contribution is -2.08. The largest absolute Gasteiger partial charge is 0.496 e. The van der Waals surface area contributed by atoms with Crippen molar-refractivity contribution in [3.8, 4) is 16.9 Å². The molecule has 0 spiro atoms. The topological polar surface area (TPSA) is 85.4 Å². The number of benzene rings is 1. The number of halogens is 3. The van der Waals surface area contributed by atoms with Gasteiger partial charge in [0.25, 0.3) is 0 Å². The molecule has 8 heteroatoms. The maximum Gasteiger partial charge on any atom is 0.419 e. The molecule has 0 radical (unpaired) electrons. The van der Waals surface area contributed by atoms with Gasteiger partial charge in [-0.2, -0.15) is 13.2 Å². The molecule has 5 nitrogen and oxygen atoms in total. The lowest BCUT2D eigenvalue weighted by atomic mass is 10.0. The summed E-state index contributed by atoms with van der Waals surface area (Å²) >= 11 is 0. The fourth-order valence-corrected chi connectivity index (χ4v) is 1.91. The molecule has 1 heterocycles. The van der Waals surface area contributed by atoms with Gasteiger partial charge in [-0.1, -0.05) is 6.07 Å². The van der Waals surface area contributed by atoms with E-state index in [9.17, 15) is 18.0 Å². The highest BCUT2D eigenvalue weighted by molar-refractivity contribution is 5.94. The van der Waals surface area contributed by atoms with E-state index in [1.807, 2.05) is 0 Å². The molecule has 0 amide bonds. The van der Waals surface area contributed by atoms with Gasteiger partial charge in [0.05, 0.1) is 12.7 Å². The molecule has 0 atom stereocenters. The number of nitrogen functional groups attached to an aromatic ring is 1. The number of ether oxygens (including phenoxy) is 1. The monoisotopic (exact) mass is 312 g/mol. The highest BCUT2D eigenvalue weighted by Crippen LogP contribution is 2.38. The molecule has 0 unspecified atom stereocenters. The van der Waals surface area contributed by atoms with Gasteiger partial charge >= 0.3 is 12.1 Å². The van der Waals surface area contributed by atoms with Gasteiger partial charge in [0.15, 0.2) is 0 Å². The van der Waals surface area contributed by atoms with E-state index in [2.05, 4.69) is 4.98 Å². The predicted octanol–water partition coefficient (Wildman–Crippen LogP) is 3.06. The molecule has 1 aromatic heterocycles. The number of pyridine rings is 1. The minimum atomic E-state index is -4.60. The van der Waals surface area contributed by atoms with Crippen molar-refractivity contribution in [2.75, 3.05) is 12.8 Å². The van der Waals surface area contributed by atoms with Gasteiger partial charge in [-0.3, -0.25) is 0 Å². The van der Waals surface area contributed by atoms with Crippen LogP contribution in [0.2, 0.25) is 0 Å². The van der Waals surface area contributed by atoms with E-state index in [-0.39, 0.29) is 28.3 Å². The van der Waals surface area contributed by atoms with Crippen LogP contribution in [0.5, 0.6) is 5.75 Å². The molecule has 3 N–H and O–H groups in total. The summed E-state index contributed by atoms with van der Waals surface area (Å²) in [5.74, 6) is -1.84. The average Bonchev–Trinajstić information content (AvgIpc) is 2.46. The third kappa shape index (κ3) is 2.95. The second kappa shape index (κ2) is 5.55. The van der Waals surface area contributed by atoms with E-state index < -0.39 is 17.7 Å². The number of hydrogen-bond donors (Lipinski definition) is 2. The Kier molecular flexibility index (Phi) is 3.94. The average molecular weight is 312 g/mol. The summed E-state index contributed by atoms with van der Waals surface area (Å²) < 4.78 is 43.7. The van der Waals surface area contributed by atoms with Crippen LogP contribution in [-0.4, -0.2) is 23.2 Å². The maximum atomic E-state index is 13.0. The van der Waals surface area contributed by atoms with Gasteiger partial charge in [-0.15, -0.1) is 0 Å². The first kappa shape index (κ1) is 15.6. The van der Waals surface area contributed by atoms with Crippen molar-refractivity contribution in [3.63, 3.8) is 0 Å². The number of nitrogens with two attached hydrogens (primary N) is 1. The standard InChI is InChI=1S/C14H11F3N2O3/c1-22-11-3-2-7(5-10(11)14(15,16)17)8-4-9(13(20)21)12(18)19-6-8/h2-6H,1H3,(H2,18,19)(H,20,21). The maximum absolute atomic E-state index is 13.0. The number of aromatic carboxylic acids is 1. The summed E-state index contributed by atoms with van der Waals surface area (Å²) in [4.78, 5) is 14.7. The smallest absolute Gasteiger partial charge is 0.419 e. The Bertz CT molecular complexity index is 730. The van der Waals surface area contributed by atoms with Crippen LogP contribution >= 0.6 is 0 Å². The molecule has 2 rings (SSSR count). The minimum Gasteiger partial charge on any atom is -0.496 e. The number of hydrogen-bond acceptors (Lipinski definition) is 4. The van der Waals surface area contributed by atoms with Crippen molar-refractivity contribution in [2.24, 2.45) is 0 Å². The van der Waals surface area contributed by atoms with E-state index in [1.54, 1.807) is 0 Å². The van der Waals surface area contributed by atoms with Crippen LogP contribution in [0.1, 0.15) is 15.9 Å². The van der Waals surface area contributed by atoms with Crippen LogP contribution in [0, 0.1) is 0 Å². The van der Waals surface area contributed by atoms with Crippen LogP contribution < -0.4 is 10.5 Å². The van der Waals surface area contributed by atoms with Crippen molar-refractivity contribution < 1.29 is 27.8 Å². The highest BCUT2D eigenvalue weighted by Gasteiger charge is 2.34. The number of anilines is 1. The predicted molar refractivity (Wildman–Crippen MR) is 72.6 cm³/mol. The van der Waals surface area contributed by atoms with Gasteiger partial charge in [-0.05, 0) is 23.8 Å². The molecule has 0 bridgehead atoms. The van der Waals surface area contributed by atoms with Crippen LogP contribution in [0.3, 0.4) is 0 Å². The number of aromatic nitrogens is 1. The van der Waals surface area contributed by atoms with Gasteiger partial charge in [-0.25, -0.2) is 9.78 Å². The first-order chi connectivity index (χ1) is 10.2. The lowest BCUT2D eigenvalue weighted by molar-refractivity contribution is -0.138. The van der Waals surface area contributed by atoms with Crippen molar-refractivity contribution >= 4 is 11.8 Å². The van der Waals surface area contributed by atoms with Crippen LogP contribution in [0.4, 0.5) is 19.0 Å². The minimum absolute atomic E-state index is 0.156. The molecule has 0 fully saturated rings. The second-order valence-corrected chi connectivity index (χ2v) is 4.37. The Morgan fingerprint density at radius 2 is 1.95 bits per heavy atom. The molecule has 2 aromatic rings. The number of nitrogens with zero attached hydrogens (tertiary/aromatic N) is 1. The zero-order valence-corrected chi connectivity index (χ0v) is 11.3. The number of carbonyl (C=O) groups is 1. The molecule has 1 aromatic carbocycles. The summed E-state index contributed by atoms with van der Waals surface area (Å²) in [7, 11) is 1.14. The Morgan fingerprint density at radius 1 is 1.27 bits per heavy atom. The molecule has 22 heavy (non-hydrogen) atoms. The number of methoxy groups -OCH3 is 1. The normalized spacial score (nSPS) is 11.3. The summed E-state index contributed by atoms with van der Waals surface area (Å²) in [5, 5.41) is 8.98. The molecular formula is C14H11F3N2O3. The zero-order chi connectivity index (χ0) is 16.5. The number of carboxylic acid groups (broad SMARTS) is 1. The molecule has 0 saturated heterocycles. The number of alkyl halides is 3. The highest BCUT2D eigenvalue weighted by atomic mass is 19.4. The second-order valence-electron chi connectivity index (χ2n) is 4.37. The van der Waals surface area contributed by atoms with E-state index in [1.165, 1.54) is 18.3 Å². The van der Waals surface area contributed by atoms with Gasteiger partial charge in [0, 0.05) is 11.8 Å². The Hall–Kier alpha value is -2.77. The number of carboxylic acids is 1. The fraction of sp³-hybridized carbons (Fsp3) is 0.143. The van der Waals surface area contributed by atoms with E-state index in [4.69, 9.17) is 15.6 Å². The SMILES string of the molecule is COc1ccc(-c2cnc(N)c(C(=O)O)c2)cc1C(F)(F)F. The summed E-state index contributed by atoms with van der Waals surface area (Å²) in [6.07, 6.45) is -3.39. The third-order valence-corrected chi connectivity index (χ3v) is 2.99.